The van der Waals surface area contributed by atoms with E-state index in [0.717, 1.165) is 25.2 Å². The molecule has 7 nitrogen and oxygen atoms in total. The van der Waals surface area contributed by atoms with Gasteiger partial charge in [0, 0.05) is 13.0 Å². The first-order valence-corrected chi connectivity index (χ1v) is 7.33. The summed E-state index contributed by atoms with van der Waals surface area (Å²) in [6, 6.07) is 1.64. The maximum Gasteiger partial charge on any atom is 0.293 e. The predicted molar refractivity (Wildman–Crippen MR) is 73.0 cm³/mol. The van der Waals surface area contributed by atoms with E-state index in [-0.39, 0.29) is 10.6 Å². The van der Waals surface area contributed by atoms with E-state index in [0.29, 0.717) is 6.92 Å². The molecule has 1 rings (SSSR count). The highest BCUT2D eigenvalue weighted by Gasteiger charge is 2.32. The van der Waals surface area contributed by atoms with Crippen LogP contribution in [0.2, 0.25) is 0 Å². The Balaban J connectivity index is 3.27. The van der Waals surface area contributed by atoms with Crippen molar-refractivity contribution in [3.8, 4) is 0 Å². The standard InChI is InChI=1S/C11H15F2N3O4S/c1-7(11(2,12)13)15-9-5-4-8(21(19,20)14-3)6-10(9)16(17)18/h4-7,14-15H,1-3H3. The van der Waals surface area contributed by atoms with Gasteiger partial charge in [-0.2, -0.15) is 0 Å². The molecule has 118 valence electrons. The number of nitrogens with one attached hydrogen (secondary N) is 2. The fourth-order valence-electron chi connectivity index (χ4n) is 1.43. The summed E-state index contributed by atoms with van der Waals surface area (Å²) in [5.41, 5.74) is -0.772. The van der Waals surface area contributed by atoms with Gasteiger partial charge in [0.05, 0.1) is 15.9 Å². The van der Waals surface area contributed by atoms with Crippen molar-refractivity contribution in [1.29, 1.82) is 0 Å². The topological polar surface area (TPSA) is 101 Å². The number of alkyl halides is 2. The highest BCUT2D eigenvalue weighted by molar-refractivity contribution is 7.89. The van der Waals surface area contributed by atoms with Crippen LogP contribution >= 0.6 is 0 Å². The second-order valence-corrected chi connectivity index (χ2v) is 6.35. The molecule has 21 heavy (non-hydrogen) atoms. The summed E-state index contributed by atoms with van der Waals surface area (Å²) in [7, 11) is -2.70. The lowest BCUT2D eigenvalue weighted by Gasteiger charge is -2.21. The number of nitro groups is 1. The number of rotatable bonds is 6. The minimum Gasteiger partial charge on any atom is -0.371 e. The number of anilines is 1. The van der Waals surface area contributed by atoms with Gasteiger partial charge in [-0.15, -0.1) is 0 Å². The van der Waals surface area contributed by atoms with Crippen molar-refractivity contribution >= 4 is 21.4 Å². The number of halogens is 2. The molecule has 0 amide bonds. The maximum atomic E-state index is 13.1. The van der Waals surface area contributed by atoms with Crippen LogP contribution in [0, 0.1) is 10.1 Å². The largest absolute Gasteiger partial charge is 0.371 e. The van der Waals surface area contributed by atoms with Gasteiger partial charge in [-0.05, 0) is 26.1 Å². The number of benzene rings is 1. The molecule has 0 spiro atoms. The Morgan fingerprint density at radius 3 is 2.38 bits per heavy atom. The van der Waals surface area contributed by atoms with Gasteiger partial charge in [0.25, 0.3) is 11.6 Å². The van der Waals surface area contributed by atoms with Gasteiger partial charge in [0.1, 0.15) is 5.69 Å². The van der Waals surface area contributed by atoms with Crippen LogP contribution in [0.25, 0.3) is 0 Å². The Morgan fingerprint density at radius 2 is 1.95 bits per heavy atom. The van der Waals surface area contributed by atoms with Gasteiger partial charge in [-0.3, -0.25) is 10.1 Å². The van der Waals surface area contributed by atoms with Gasteiger partial charge < -0.3 is 5.32 Å². The third kappa shape index (κ3) is 4.08. The lowest BCUT2D eigenvalue weighted by Crippen LogP contribution is -2.34. The third-order valence-corrected chi connectivity index (χ3v) is 4.29. The molecule has 0 aliphatic heterocycles. The van der Waals surface area contributed by atoms with Gasteiger partial charge in [0.2, 0.25) is 10.0 Å². The molecule has 1 atom stereocenters. The van der Waals surface area contributed by atoms with Crippen LogP contribution in [0.4, 0.5) is 20.2 Å². The van der Waals surface area contributed by atoms with Crippen LogP contribution in [0.15, 0.2) is 23.1 Å². The van der Waals surface area contributed by atoms with Crippen molar-refractivity contribution in [3.63, 3.8) is 0 Å². The van der Waals surface area contributed by atoms with Crippen molar-refractivity contribution in [2.24, 2.45) is 0 Å². The normalized spacial score (nSPS) is 13.8. The molecular formula is C11H15F2N3O4S. The first kappa shape index (κ1) is 17.2. The minimum atomic E-state index is -3.86. The maximum absolute atomic E-state index is 13.1. The van der Waals surface area contributed by atoms with Crippen LogP contribution in [0.3, 0.4) is 0 Å². The highest BCUT2D eigenvalue weighted by atomic mass is 32.2. The zero-order valence-electron chi connectivity index (χ0n) is 11.6. The van der Waals surface area contributed by atoms with Crippen LogP contribution in [0.5, 0.6) is 0 Å². The van der Waals surface area contributed by atoms with Gasteiger partial charge in [0.15, 0.2) is 0 Å². The molecular weight excluding hydrogens is 308 g/mol. The molecule has 0 aromatic heterocycles. The second-order valence-electron chi connectivity index (χ2n) is 4.47. The van der Waals surface area contributed by atoms with Crippen LogP contribution in [-0.2, 0) is 10.0 Å². The third-order valence-electron chi connectivity index (χ3n) is 2.88. The monoisotopic (exact) mass is 323 g/mol. The van der Waals surface area contributed by atoms with Crippen molar-refractivity contribution in [1.82, 2.24) is 4.72 Å². The molecule has 0 radical (unpaired) electrons. The summed E-state index contributed by atoms with van der Waals surface area (Å²) < 4.78 is 51.4. The van der Waals surface area contributed by atoms with E-state index >= 15 is 0 Å². The zero-order chi connectivity index (χ0) is 16.4. The molecule has 0 fully saturated rings. The smallest absolute Gasteiger partial charge is 0.293 e. The quantitative estimate of drug-likeness (QED) is 0.615. The fraction of sp³-hybridized carbons (Fsp3) is 0.455. The Bertz CT molecular complexity index is 643. The molecule has 0 aliphatic rings. The van der Waals surface area contributed by atoms with E-state index in [2.05, 4.69) is 5.32 Å². The first-order chi connectivity index (χ1) is 9.49. The number of hydrogen-bond acceptors (Lipinski definition) is 5. The summed E-state index contributed by atoms with van der Waals surface area (Å²) in [6.45, 7) is 1.85. The Labute approximate surface area is 120 Å². The average molecular weight is 323 g/mol. The highest BCUT2D eigenvalue weighted by Crippen LogP contribution is 2.30. The van der Waals surface area contributed by atoms with Crippen molar-refractivity contribution < 1.29 is 22.1 Å². The minimum absolute atomic E-state index is 0.177. The number of nitro benzene ring substituents is 1. The van der Waals surface area contributed by atoms with E-state index in [1.54, 1.807) is 0 Å². The Kier molecular flexibility index (Phi) is 4.84. The van der Waals surface area contributed by atoms with Crippen LogP contribution in [-0.4, -0.2) is 32.4 Å². The summed E-state index contributed by atoms with van der Waals surface area (Å²) in [4.78, 5) is 9.83. The van der Waals surface area contributed by atoms with Crippen molar-refractivity contribution in [2.75, 3.05) is 12.4 Å². The van der Waals surface area contributed by atoms with E-state index in [1.807, 2.05) is 4.72 Å². The molecule has 0 bridgehead atoms. The first-order valence-electron chi connectivity index (χ1n) is 5.85. The molecule has 10 heteroatoms. The molecule has 0 heterocycles. The van der Waals surface area contributed by atoms with E-state index in [9.17, 15) is 27.3 Å². The molecule has 0 saturated carbocycles. The van der Waals surface area contributed by atoms with Crippen LogP contribution in [0.1, 0.15) is 13.8 Å². The van der Waals surface area contributed by atoms with Crippen molar-refractivity contribution in [2.45, 2.75) is 30.7 Å². The van der Waals surface area contributed by atoms with Gasteiger partial charge in [-0.25, -0.2) is 21.9 Å². The lowest BCUT2D eigenvalue weighted by molar-refractivity contribution is -0.384. The SMILES string of the molecule is CNS(=O)(=O)c1ccc(NC(C)C(C)(F)F)c([N+](=O)[O-])c1. The number of sulfonamides is 1. The summed E-state index contributed by atoms with van der Waals surface area (Å²) in [5, 5.41) is 13.3. The number of nitrogens with zero attached hydrogens (tertiary/aromatic N) is 1. The van der Waals surface area contributed by atoms with Gasteiger partial charge in [-0.1, -0.05) is 0 Å². The summed E-state index contributed by atoms with van der Waals surface area (Å²) in [6.07, 6.45) is 0. The summed E-state index contributed by atoms with van der Waals surface area (Å²) in [5.74, 6) is -3.09. The fourth-order valence-corrected chi connectivity index (χ4v) is 2.18. The molecule has 0 aliphatic carbocycles. The summed E-state index contributed by atoms with van der Waals surface area (Å²) >= 11 is 0. The molecule has 1 aromatic carbocycles. The number of hydrogen-bond donors (Lipinski definition) is 2. The van der Waals surface area contributed by atoms with E-state index < -0.39 is 32.6 Å². The molecule has 2 N–H and O–H groups in total. The molecule has 1 unspecified atom stereocenters. The van der Waals surface area contributed by atoms with E-state index in [1.165, 1.54) is 6.92 Å². The van der Waals surface area contributed by atoms with E-state index in [4.69, 9.17) is 0 Å². The average Bonchev–Trinajstić information content (AvgIpc) is 2.37. The second kappa shape index (κ2) is 5.90. The van der Waals surface area contributed by atoms with Crippen LogP contribution < -0.4 is 10.0 Å². The Morgan fingerprint density at radius 1 is 1.38 bits per heavy atom. The Hall–Kier alpha value is -1.81. The lowest BCUT2D eigenvalue weighted by atomic mass is 10.1. The van der Waals surface area contributed by atoms with Crippen molar-refractivity contribution in [3.05, 3.63) is 28.3 Å². The van der Waals surface area contributed by atoms with Gasteiger partial charge >= 0.3 is 0 Å². The molecule has 0 saturated heterocycles. The zero-order valence-corrected chi connectivity index (χ0v) is 12.4. The molecule has 1 aromatic rings. The predicted octanol–water partition coefficient (Wildman–Crippen LogP) is 1.96.